The predicted octanol–water partition coefficient (Wildman–Crippen LogP) is 3.97. The van der Waals surface area contributed by atoms with Gasteiger partial charge in [-0.05, 0) is 43.2 Å². The molecule has 0 saturated heterocycles. The summed E-state index contributed by atoms with van der Waals surface area (Å²) in [4.78, 5) is 16.1. The van der Waals surface area contributed by atoms with Crippen LogP contribution in [0.25, 0.3) is 16.9 Å². The summed E-state index contributed by atoms with van der Waals surface area (Å²) in [5.41, 5.74) is 4.01. The average Bonchev–Trinajstić information content (AvgIpc) is 2.83. The van der Waals surface area contributed by atoms with Crippen LogP contribution in [0.1, 0.15) is 21.6 Å². The van der Waals surface area contributed by atoms with Crippen molar-refractivity contribution in [3.63, 3.8) is 0 Å². The van der Waals surface area contributed by atoms with Crippen LogP contribution in [0.4, 0.5) is 0 Å². The van der Waals surface area contributed by atoms with E-state index in [0.717, 1.165) is 16.7 Å². The Hall–Kier alpha value is -2.33. The molecule has 1 N–H and O–H groups in total. The SMILES string of the molecule is Cc1ccc(-c2nc3c(Cl)cccn3c2C(=O)O)cc1C. The van der Waals surface area contributed by atoms with Crippen molar-refractivity contribution < 1.29 is 9.90 Å². The maximum absolute atomic E-state index is 11.6. The Morgan fingerprint density at radius 3 is 2.67 bits per heavy atom. The van der Waals surface area contributed by atoms with Gasteiger partial charge >= 0.3 is 5.97 Å². The van der Waals surface area contributed by atoms with Gasteiger partial charge in [0.05, 0.1) is 5.02 Å². The summed E-state index contributed by atoms with van der Waals surface area (Å²) in [6, 6.07) is 9.18. The Morgan fingerprint density at radius 1 is 1.24 bits per heavy atom. The molecule has 0 aliphatic carbocycles. The number of hydrogen-bond acceptors (Lipinski definition) is 2. The van der Waals surface area contributed by atoms with Gasteiger partial charge in [-0.3, -0.25) is 4.40 Å². The molecule has 21 heavy (non-hydrogen) atoms. The van der Waals surface area contributed by atoms with Gasteiger partial charge in [0.25, 0.3) is 0 Å². The average molecular weight is 301 g/mol. The molecule has 0 spiro atoms. The molecule has 1 aromatic carbocycles. The molecule has 0 amide bonds. The molecule has 0 aliphatic heterocycles. The van der Waals surface area contributed by atoms with E-state index < -0.39 is 5.97 Å². The number of nitrogens with zero attached hydrogens (tertiary/aromatic N) is 2. The van der Waals surface area contributed by atoms with Crippen LogP contribution >= 0.6 is 11.6 Å². The Kier molecular flexibility index (Phi) is 3.18. The standard InChI is InChI=1S/C16H13ClN2O2/c1-9-5-6-11(8-10(9)2)13-14(16(20)21)19-7-3-4-12(17)15(19)18-13/h3-8H,1-2H3,(H,20,21). The molecule has 2 aromatic heterocycles. The van der Waals surface area contributed by atoms with E-state index in [0.29, 0.717) is 16.4 Å². The Bertz CT molecular complexity index is 868. The van der Waals surface area contributed by atoms with Crippen LogP contribution in [0, 0.1) is 13.8 Å². The Labute approximate surface area is 126 Å². The minimum Gasteiger partial charge on any atom is -0.476 e. The third-order valence-electron chi connectivity index (χ3n) is 3.59. The monoisotopic (exact) mass is 300 g/mol. The number of halogens is 1. The lowest BCUT2D eigenvalue weighted by atomic mass is 10.0. The van der Waals surface area contributed by atoms with E-state index in [4.69, 9.17) is 11.6 Å². The second kappa shape index (κ2) is 4.90. The van der Waals surface area contributed by atoms with Gasteiger partial charge in [0.2, 0.25) is 0 Å². The Morgan fingerprint density at radius 2 is 2.00 bits per heavy atom. The zero-order valence-electron chi connectivity index (χ0n) is 11.6. The lowest BCUT2D eigenvalue weighted by Crippen LogP contribution is -2.03. The lowest BCUT2D eigenvalue weighted by molar-refractivity contribution is 0.0690. The molecule has 4 nitrogen and oxygen atoms in total. The third-order valence-corrected chi connectivity index (χ3v) is 3.88. The maximum atomic E-state index is 11.6. The third kappa shape index (κ3) is 2.17. The fraction of sp³-hybridized carbons (Fsp3) is 0.125. The fourth-order valence-electron chi connectivity index (χ4n) is 2.33. The maximum Gasteiger partial charge on any atom is 0.355 e. The van der Waals surface area contributed by atoms with Crippen molar-refractivity contribution in [2.24, 2.45) is 0 Å². The molecule has 5 heteroatoms. The zero-order valence-corrected chi connectivity index (χ0v) is 12.3. The van der Waals surface area contributed by atoms with E-state index >= 15 is 0 Å². The van der Waals surface area contributed by atoms with E-state index in [9.17, 15) is 9.90 Å². The Balaban J connectivity index is 2.36. The number of fused-ring (bicyclic) bond motifs is 1. The van der Waals surface area contributed by atoms with Gasteiger partial charge in [0, 0.05) is 11.8 Å². The van der Waals surface area contributed by atoms with Gasteiger partial charge in [-0.15, -0.1) is 0 Å². The number of carbonyl (C=O) groups is 1. The van der Waals surface area contributed by atoms with Crippen LogP contribution in [0.5, 0.6) is 0 Å². The number of carboxylic acids is 1. The number of pyridine rings is 1. The first-order valence-corrected chi connectivity index (χ1v) is 6.84. The highest BCUT2D eigenvalue weighted by molar-refractivity contribution is 6.33. The largest absolute Gasteiger partial charge is 0.476 e. The lowest BCUT2D eigenvalue weighted by Gasteiger charge is -2.04. The van der Waals surface area contributed by atoms with Gasteiger partial charge in [-0.25, -0.2) is 9.78 Å². The van der Waals surface area contributed by atoms with Crippen LogP contribution in [-0.2, 0) is 0 Å². The molecular weight excluding hydrogens is 288 g/mol. The molecule has 3 rings (SSSR count). The van der Waals surface area contributed by atoms with Crippen LogP contribution in [0.2, 0.25) is 5.02 Å². The number of aromatic carboxylic acids is 1. The summed E-state index contributed by atoms with van der Waals surface area (Å²) >= 11 is 6.11. The normalized spacial score (nSPS) is 11.0. The summed E-state index contributed by atoms with van der Waals surface area (Å²) in [7, 11) is 0. The van der Waals surface area contributed by atoms with Crippen molar-refractivity contribution >= 4 is 23.2 Å². The second-order valence-corrected chi connectivity index (χ2v) is 5.37. The van der Waals surface area contributed by atoms with E-state index in [1.54, 1.807) is 18.3 Å². The molecule has 0 bridgehead atoms. The molecule has 0 atom stereocenters. The first-order valence-electron chi connectivity index (χ1n) is 6.46. The summed E-state index contributed by atoms with van der Waals surface area (Å²) in [6.45, 7) is 4.00. The van der Waals surface area contributed by atoms with E-state index in [-0.39, 0.29) is 5.69 Å². The minimum absolute atomic E-state index is 0.121. The number of rotatable bonds is 2. The van der Waals surface area contributed by atoms with Gasteiger partial charge < -0.3 is 5.11 Å². The number of hydrogen-bond donors (Lipinski definition) is 1. The van der Waals surface area contributed by atoms with Crippen molar-refractivity contribution in [2.45, 2.75) is 13.8 Å². The molecule has 0 fully saturated rings. The molecule has 0 aliphatic rings. The van der Waals surface area contributed by atoms with Gasteiger partial charge in [-0.1, -0.05) is 23.7 Å². The number of carboxylic acid groups (broad SMARTS) is 1. The van der Waals surface area contributed by atoms with Crippen LogP contribution in [0.3, 0.4) is 0 Å². The highest BCUT2D eigenvalue weighted by Crippen LogP contribution is 2.28. The molecule has 3 aromatic rings. The predicted molar refractivity (Wildman–Crippen MR) is 82.1 cm³/mol. The van der Waals surface area contributed by atoms with Crippen molar-refractivity contribution in [1.29, 1.82) is 0 Å². The number of aromatic nitrogens is 2. The van der Waals surface area contributed by atoms with Crippen molar-refractivity contribution in [3.05, 3.63) is 58.4 Å². The fourth-order valence-corrected chi connectivity index (χ4v) is 2.53. The quantitative estimate of drug-likeness (QED) is 0.779. The summed E-state index contributed by atoms with van der Waals surface area (Å²) in [5.74, 6) is -1.03. The summed E-state index contributed by atoms with van der Waals surface area (Å²) < 4.78 is 1.51. The summed E-state index contributed by atoms with van der Waals surface area (Å²) in [6.07, 6.45) is 1.65. The highest BCUT2D eigenvalue weighted by Gasteiger charge is 2.21. The van der Waals surface area contributed by atoms with Crippen molar-refractivity contribution in [3.8, 4) is 11.3 Å². The first kappa shape index (κ1) is 13.6. The molecule has 106 valence electrons. The second-order valence-electron chi connectivity index (χ2n) is 4.96. The molecule has 0 radical (unpaired) electrons. The topological polar surface area (TPSA) is 54.6 Å². The van der Waals surface area contributed by atoms with Crippen LogP contribution in [0.15, 0.2) is 36.5 Å². The molecule has 0 unspecified atom stereocenters. The van der Waals surface area contributed by atoms with E-state index in [1.165, 1.54) is 4.40 Å². The van der Waals surface area contributed by atoms with Crippen molar-refractivity contribution in [2.75, 3.05) is 0 Å². The molecule has 2 heterocycles. The number of benzene rings is 1. The molecule has 0 saturated carbocycles. The van der Waals surface area contributed by atoms with Crippen LogP contribution < -0.4 is 0 Å². The van der Waals surface area contributed by atoms with Crippen LogP contribution in [-0.4, -0.2) is 20.5 Å². The van der Waals surface area contributed by atoms with Gasteiger partial charge in [0.15, 0.2) is 11.3 Å². The molecular formula is C16H13ClN2O2. The zero-order chi connectivity index (χ0) is 15.1. The minimum atomic E-state index is -1.03. The van der Waals surface area contributed by atoms with Crippen molar-refractivity contribution in [1.82, 2.24) is 9.38 Å². The van der Waals surface area contributed by atoms with Gasteiger partial charge in [0.1, 0.15) is 5.69 Å². The number of aryl methyl sites for hydroxylation is 2. The van der Waals surface area contributed by atoms with Gasteiger partial charge in [-0.2, -0.15) is 0 Å². The number of imidazole rings is 1. The first-order chi connectivity index (χ1) is 9.99. The smallest absolute Gasteiger partial charge is 0.355 e. The highest BCUT2D eigenvalue weighted by atomic mass is 35.5. The summed E-state index contributed by atoms with van der Waals surface area (Å²) in [5, 5.41) is 9.95. The van der Waals surface area contributed by atoms with E-state index in [1.807, 2.05) is 32.0 Å². The van der Waals surface area contributed by atoms with E-state index in [2.05, 4.69) is 4.98 Å².